The van der Waals surface area contributed by atoms with E-state index in [-0.39, 0.29) is 11.9 Å². The monoisotopic (exact) mass is 254 g/mol. The number of nitrogen functional groups attached to an aromatic ring is 1. The summed E-state index contributed by atoms with van der Waals surface area (Å²) in [6.45, 7) is 0. The van der Waals surface area contributed by atoms with Crippen molar-refractivity contribution < 1.29 is 4.79 Å². The summed E-state index contributed by atoms with van der Waals surface area (Å²) >= 11 is 1.92. The molecule has 2 rings (SSSR count). The molecule has 0 aliphatic heterocycles. The van der Waals surface area contributed by atoms with Crippen molar-refractivity contribution >= 4 is 23.5 Å². The average Bonchev–Trinajstić information content (AvgIpc) is 2.76. The number of anilines is 1. The molecule has 1 amide bonds. The third-order valence-electron chi connectivity index (χ3n) is 3.26. The molecule has 0 unspecified atom stereocenters. The molecule has 0 saturated heterocycles. The Morgan fingerprint density at radius 2 is 2.24 bits per heavy atom. The summed E-state index contributed by atoms with van der Waals surface area (Å²) in [4.78, 5) is 11.9. The number of hydrogen-bond donors (Lipinski definition) is 3. The third kappa shape index (κ3) is 2.94. The maximum Gasteiger partial charge on any atom is 0.256 e. The molecule has 0 aromatic carbocycles. The number of amides is 1. The van der Waals surface area contributed by atoms with E-state index in [9.17, 15) is 4.79 Å². The van der Waals surface area contributed by atoms with Crippen LogP contribution < -0.4 is 11.1 Å². The highest BCUT2D eigenvalue weighted by molar-refractivity contribution is 7.99. The van der Waals surface area contributed by atoms with Gasteiger partial charge in [0.1, 0.15) is 11.4 Å². The van der Waals surface area contributed by atoms with Crippen LogP contribution in [0.15, 0.2) is 6.20 Å². The lowest BCUT2D eigenvalue weighted by Crippen LogP contribution is -2.38. The lowest BCUT2D eigenvalue weighted by molar-refractivity contribution is 0.0929. The molecule has 1 fully saturated rings. The van der Waals surface area contributed by atoms with E-state index in [0.717, 1.165) is 18.1 Å². The summed E-state index contributed by atoms with van der Waals surface area (Å²) in [5.74, 6) is 0.212. The minimum atomic E-state index is -0.121. The molecule has 0 spiro atoms. The fourth-order valence-corrected chi connectivity index (χ4v) is 2.93. The lowest BCUT2D eigenvalue weighted by Gasteiger charge is -2.27. The normalized spacial score (nSPS) is 24.5. The molecular weight excluding hydrogens is 236 g/mol. The first kappa shape index (κ1) is 12.3. The topological polar surface area (TPSA) is 83.8 Å². The maximum atomic E-state index is 11.9. The molecule has 0 atom stereocenters. The predicted molar refractivity (Wildman–Crippen MR) is 70.0 cm³/mol. The molecule has 1 aromatic rings. The number of aromatic amines is 1. The van der Waals surface area contributed by atoms with Gasteiger partial charge >= 0.3 is 0 Å². The number of nitrogens with two attached hydrogens (primary N) is 1. The number of rotatable bonds is 3. The third-order valence-corrected chi connectivity index (χ3v) is 4.39. The van der Waals surface area contributed by atoms with E-state index in [2.05, 4.69) is 21.8 Å². The van der Waals surface area contributed by atoms with Crippen molar-refractivity contribution in [1.29, 1.82) is 0 Å². The van der Waals surface area contributed by atoms with E-state index < -0.39 is 0 Å². The Balaban J connectivity index is 1.86. The lowest BCUT2D eigenvalue weighted by atomic mass is 9.95. The molecule has 1 aliphatic rings. The van der Waals surface area contributed by atoms with Crippen molar-refractivity contribution in [2.75, 3.05) is 12.0 Å². The highest BCUT2D eigenvalue weighted by Crippen LogP contribution is 2.27. The van der Waals surface area contributed by atoms with Crippen LogP contribution in [0.3, 0.4) is 0 Å². The largest absolute Gasteiger partial charge is 0.383 e. The molecule has 17 heavy (non-hydrogen) atoms. The fourth-order valence-electron chi connectivity index (χ4n) is 2.18. The molecule has 1 aliphatic carbocycles. The molecule has 0 radical (unpaired) electrons. The van der Waals surface area contributed by atoms with E-state index in [1.54, 1.807) is 0 Å². The van der Waals surface area contributed by atoms with Crippen LogP contribution in [0.1, 0.15) is 36.0 Å². The standard InChI is InChI=1S/C11H18N4OS/c1-17-8-4-2-7(3-5-8)14-11(16)9-6-13-15-10(9)12/h6-8H,2-5H2,1H3,(H,14,16)(H3,12,13,15). The summed E-state index contributed by atoms with van der Waals surface area (Å²) < 4.78 is 0. The van der Waals surface area contributed by atoms with Gasteiger partial charge in [0, 0.05) is 11.3 Å². The van der Waals surface area contributed by atoms with Crippen LogP contribution in [0.2, 0.25) is 0 Å². The molecule has 0 bridgehead atoms. The number of thioether (sulfide) groups is 1. The van der Waals surface area contributed by atoms with Gasteiger partial charge in [-0.25, -0.2) is 0 Å². The Labute approximate surface area is 105 Å². The zero-order valence-electron chi connectivity index (χ0n) is 9.90. The molecule has 4 N–H and O–H groups in total. The van der Waals surface area contributed by atoms with Gasteiger partial charge in [-0.15, -0.1) is 0 Å². The second-order valence-corrected chi connectivity index (χ2v) is 5.52. The van der Waals surface area contributed by atoms with Gasteiger partial charge in [0.15, 0.2) is 0 Å². The quantitative estimate of drug-likeness (QED) is 0.761. The Bertz CT molecular complexity index is 385. The van der Waals surface area contributed by atoms with Crippen LogP contribution in [0.4, 0.5) is 5.82 Å². The highest BCUT2D eigenvalue weighted by atomic mass is 32.2. The van der Waals surface area contributed by atoms with E-state index in [1.807, 2.05) is 11.8 Å². The molecular formula is C11H18N4OS. The molecule has 1 aromatic heterocycles. The van der Waals surface area contributed by atoms with Gasteiger partial charge in [0.2, 0.25) is 0 Å². The molecule has 1 heterocycles. The van der Waals surface area contributed by atoms with Gasteiger partial charge in [-0.3, -0.25) is 9.89 Å². The summed E-state index contributed by atoms with van der Waals surface area (Å²) in [6.07, 6.45) is 8.07. The van der Waals surface area contributed by atoms with Crippen molar-refractivity contribution in [2.24, 2.45) is 0 Å². The maximum absolute atomic E-state index is 11.9. The van der Waals surface area contributed by atoms with Crippen LogP contribution in [-0.4, -0.2) is 33.7 Å². The second kappa shape index (κ2) is 5.44. The Morgan fingerprint density at radius 1 is 1.53 bits per heavy atom. The van der Waals surface area contributed by atoms with Gasteiger partial charge in [0.05, 0.1) is 6.20 Å². The van der Waals surface area contributed by atoms with Crippen LogP contribution >= 0.6 is 11.8 Å². The first-order chi connectivity index (χ1) is 8.20. The number of aromatic nitrogens is 2. The Kier molecular flexibility index (Phi) is 3.93. The SMILES string of the molecule is CSC1CCC(NC(=O)c2cn[nH]c2N)CC1. The van der Waals surface area contributed by atoms with E-state index >= 15 is 0 Å². The van der Waals surface area contributed by atoms with E-state index in [1.165, 1.54) is 19.0 Å². The van der Waals surface area contributed by atoms with Crippen LogP contribution in [0, 0.1) is 0 Å². The van der Waals surface area contributed by atoms with Crippen LogP contribution in [0.5, 0.6) is 0 Å². The highest BCUT2D eigenvalue weighted by Gasteiger charge is 2.23. The minimum absolute atomic E-state index is 0.121. The Morgan fingerprint density at radius 3 is 2.76 bits per heavy atom. The van der Waals surface area contributed by atoms with Gasteiger partial charge in [-0.1, -0.05) is 0 Å². The van der Waals surface area contributed by atoms with Crippen LogP contribution in [-0.2, 0) is 0 Å². The fraction of sp³-hybridized carbons (Fsp3) is 0.636. The number of nitrogens with one attached hydrogen (secondary N) is 2. The zero-order valence-corrected chi connectivity index (χ0v) is 10.7. The number of H-pyrrole nitrogens is 1. The predicted octanol–water partition coefficient (Wildman–Crippen LogP) is 1.40. The van der Waals surface area contributed by atoms with Crippen molar-refractivity contribution in [2.45, 2.75) is 37.0 Å². The number of carbonyl (C=O) groups is 1. The van der Waals surface area contributed by atoms with Crippen molar-refractivity contribution in [3.8, 4) is 0 Å². The molecule has 1 saturated carbocycles. The van der Waals surface area contributed by atoms with Gasteiger partial charge in [0.25, 0.3) is 5.91 Å². The van der Waals surface area contributed by atoms with E-state index in [0.29, 0.717) is 11.4 Å². The molecule has 94 valence electrons. The van der Waals surface area contributed by atoms with Gasteiger partial charge in [-0.2, -0.15) is 16.9 Å². The van der Waals surface area contributed by atoms with Gasteiger partial charge in [-0.05, 0) is 31.9 Å². The summed E-state index contributed by atoms with van der Waals surface area (Å²) in [5, 5.41) is 10.1. The van der Waals surface area contributed by atoms with E-state index in [4.69, 9.17) is 5.73 Å². The number of carbonyl (C=O) groups excluding carboxylic acids is 1. The van der Waals surface area contributed by atoms with Crippen molar-refractivity contribution in [3.05, 3.63) is 11.8 Å². The minimum Gasteiger partial charge on any atom is -0.383 e. The zero-order chi connectivity index (χ0) is 12.3. The summed E-state index contributed by atoms with van der Waals surface area (Å²) in [6, 6.07) is 0.278. The van der Waals surface area contributed by atoms with Gasteiger partial charge < -0.3 is 11.1 Å². The first-order valence-corrected chi connectivity index (χ1v) is 7.12. The van der Waals surface area contributed by atoms with Crippen LogP contribution in [0.25, 0.3) is 0 Å². The first-order valence-electron chi connectivity index (χ1n) is 5.83. The van der Waals surface area contributed by atoms with Crippen molar-refractivity contribution in [1.82, 2.24) is 15.5 Å². The van der Waals surface area contributed by atoms with Crippen molar-refractivity contribution in [3.63, 3.8) is 0 Å². The molecule has 5 nitrogen and oxygen atoms in total. The second-order valence-electron chi connectivity index (χ2n) is 4.38. The Hall–Kier alpha value is -1.17. The number of hydrogen-bond acceptors (Lipinski definition) is 4. The summed E-state index contributed by atoms with van der Waals surface area (Å²) in [7, 11) is 0. The summed E-state index contributed by atoms with van der Waals surface area (Å²) in [5.41, 5.74) is 6.05. The number of nitrogens with zero attached hydrogens (tertiary/aromatic N) is 1. The average molecular weight is 254 g/mol. The molecule has 6 heteroatoms. The smallest absolute Gasteiger partial charge is 0.256 e.